The molecule has 0 aromatic heterocycles. The number of anilines is 1. The van der Waals surface area contributed by atoms with E-state index in [2.05, 4.69) is 5.32 Å². The van der Waals surface area contributed by atoms with E-state index in [1.807, 2.05) is 39.0 Å². The molecule has 3 nitrogen and oxygen atoms in total. The summed E-state index contributed by atoms with van der Waals surface area (Å²) in [6.07, 6.45) is 3.16. The smallest absolute Gasteiger partial charge is 0.229 e. The second-order valence-electron chi connectivity index (χ2n) is 6.50. The first-order valence-corrected chi connectivity index (χ1v) is 8.03. The molecule has 1 N–H and O–H groups in total. The number of benzene rings is 2. The van der Waals surface area contributed by atoms with Crippen LogP contribution in [0, 0.1) is 5.41 Å². The summed E-state index contributed by atoms with van der Waals surface area (Å²) in [6, 6.07) is 14.2. The van der Waals surface area contributed by atoms with Crippen LogP contribution in [0.3, 0.4) is 0 Å². The van der Waals surface area contributed by atoms with Gasteiger partial charge >= 0.3 is 0 Å². The minimum atomic E-state index is -0.496. The Balaban J connectivity index is 2.15. The topological polar surface area (TPSA) is 46.2 Å². The largest absolute Gasteiger partial charge is 0.326 e. The third-order valence-electron chi connectivity index (χ3n) is 3.41. The Morgan fingerprint density at radius 3 is 2.42 bits per heavy atom. The summed E-state index contributed by atoms with van der Waals surface area (Å²) in [5.41, 5.74) is 1.39. The number of rotatable bonds is 4. The summed E-state index contributed by atoms with van der Waals surface area (Å²) in [4.78, 5) is 24.4. The van der Waals surface area contributed by atoms with Crippen LogP contribution < -0.4 is 5.32 Å². The lowest BCUT2D eigenvalue weighted by Crippen LogP contribution is -2.27. The van der Waals surface area contributed by atoms with E-state index < -0.39 is 5.41 Å². The molecule has 0 radical (unpaired) electrons. The number of halogens is 1. The van der Waals surface area contributed by atoms with E-state index in [4.69, 9.17) is 11.6 Å². The number of carbonyl (C=O) groups is 2. The van der Waals surface area contributed by atoms with Crippen molar-refractivity contribution in [3.05, 3.63) is 70.8 Å². The van der Waals surface area contributed by atoms with Crippen LogP contribution in [0.25, 0.3) is 6.08 Å². The van der Waals surface area contributed by atoms with Gasteiger partial charge < -0.3 is 5.32 Å². The van der Waals surface area contributed by atoms with Gasteiger partial charge in [-0.15, -0.1) is 0 Å². The minimum Gasteiger partial charge on any atom is -0.326 e. The average Bonchev–Trinajstić information content (AvgIpc) is 2.53. The molecule has 0 bridgehead atoms. The summed E-state index contributed by atoms with van der Waals surface area (Å²) >= 11 is 6.07. The number of amides is 1. The first-order valence-electron chi connectivity index (χ1n) is 7.66. The van der Waals surface area contributed by atoms with Gasteiger partial charge in [-0.25, -0.2) is 0 Å². The van der Waals surface area contributed by atoms with Crippen LogP contribution in [0.1, 0.15) is 36.7 Å². The molecule has 1 amide bonds. The zero-order valence-electron chi connectivity index (χ0n) is 14.0. The van der Waals surface area contributed by atoms with E-state index in [9.17, 15) is 9.59 Å². The molecule has 124 valence electrons. The summed E-state index contributed by atoms with van der Waals surface area (Å²) in [7, 11) is 0. The molecule has 0 aliphatic rings. The second kappa shape index (κ2) is 7.45. The van der Waals surface area contributed by atoms with Crippen LogP contribution in [0.15, 0.2) is 54.6 Å². The maximum absolute atomic E-state index is 12.3. The molecule has 0 aliphatic carbocycles. The van der Waals surface area contributed by atoms with Gasteiger partial charge in [0.2, 0.25) is 5.91 Å². The molecule has 2 aromatic rings. The van der Waals surface area contributed by atoms with E-state index in [1.165, 1.54) is 6.08 Å². The summed E-state index contributed by atoms with van der Waals surface area (Å²) in [6.45, 7) is 5.51. The van der Waals surface area contributed by atoms with E-state index in [-0.39, 0.29) is 11.7 Å². The van der Waals surface area contributed by atoms with Gasteiger partial charge in [-0.1, -0.05) is 62.7 Å². The molecule has 2 aromatic carbocycles. The normalized spacial score (nSPS) is 11.5. The lowest BCUT2D eigenvalue weighted by atomic mass is 9.95. The van der Waals surface area contributed by atoms with Crippen molar-refractivity contribution in [2.45, 2.75) is 20.8 Å². The fourth-order valence-corrected chi connectivity index (χ4v) is 2.14. The Morgan fingerprint density at radius 1 is 1.04 bits per heavy atom. The lowest BCUT2D eigenvalue weighted by molar-refractivity contribution is -0.123. The highest BCUT2D eigenvalue weighted by molar-refractivity contribution is 6.32. The Labute approximate surface area is 147 Å². The monoisotopic (exact) mass is 341 g/mol. The third kappa shape index (κ3) is 4.80. The van der Waals surface area contributed by atoms with Crippen LogP contribution in [-0.4, -0.2) is 11.7 Å². The van der Waals surface area contributed by atoms with Crippen LogP contribution >= 0.6 is 11.6 Å². The highest BCUT2D eigenvalue weighted by Gasteiger charge is 2.21. The quantitative estimate of drug-likeness (QED) is 0.612. The number of ketones is 1. The van der Waals surface area contributed by atoms with Crippen LogP contribution in [0.4, 0.5) is 5.69 Å². The van der Waals surface area contributed by atoms with Crippen molar-refractivity contribution in [2.24, 2.45) is 5.41 Å². The SMILES string of the molecule is CC(C)(C)C(=O)Nc1cccc(C(=O)/C=C/c2ccccc2Cl)c1. The maximum atomic E-state index is 12.3. The number of allylic oxidation sites excluding steroid dienone is 1. The third-order valence-corrected chi connectivity index (χ3v) is 3.75. The Hall–Kier alpha value is -2.39. The fourth-order valence-electron chi connectivity index (χ4n) is 1.94. The van der Waals surface area contributed by atoms with Crippen molar-refractivity contribution in [2.75, 3.05) is 5.32 Å². The predicted molar refractivity (Wildman–Crippen MR) is 99.3 cm³/mol. The van der Waals surface area contributed by atoms with Gasteiger partial charge in [-0.2, -0.15) is 0 Å². The zero-order chi connectivity index (χ0) is 17.7. The summed E-state index contributed by atoms with van der Waals surface area (Å²) in [5, 5.41) is 3.41. The zero-order valence-corrected chi connectivity index (χ0v) is 14.7. The summed E-state index contributed by atoms with van der Waals surface area (Å²) < 4.78 is 0. The van der Waals surface area contributed by atoms with Gasteiger partial charge in [0.1, 0.15) is 0 Å². The van der Waals surface area contributed by atoms with E-state index >= 15 is 0 Å². The Bertz CT molecular complexity index is 788. The first kappa shape index (κ1) is 18.0. The standard InChI is InChI=1S/C20H20ClNO2/c1-20(2,3)19(24)22-16-9-6-8-15(13-16)18(23)12-11-14-7-4-5-10-17(14)21/h4-13H,1-3H3,(H,22,24)/b12-11+. The molecule has 0 heterocycles. The number of carbonyl (C=O) groups excluding carboxylic acids is 2. The van der Waals surface area contributed by atoms with E-state index in [1.54, 1.807) is 36.4 Å². The lowest BCUT2D eigenvalue weighted by Gasteiger charge is -2.17. The molecule has 0 atom stereocenters. The maximum Gasteiger partial charge on any atom is 0.229 e. The molecule has 2 rings (SSSR count). The van der Waals surface area contributed by atoms with Crippen molar-refractivity contribution in [1.29, 1.82) is 0 Å². The van der Waals surface area contributed by atoms with Crippen LogP contribution in [0.5, 0.6) is 0 Å². The highest BCUT2D eigenvalue weighted by atomic mass is 35.5. The number of nitrogens with one attached hydrogen (secondary N) is 1. The van der Waals surface area contributed by atoms with Crippen molar-refractivity contribution >= 4 is 35.1 Å². The average molecular weight is 342 g/mol. The van der Waals surface area contributed by atoms with Crippen molar-refractivity contribution in [3.63, 3.8) is 0 Å². The second-order valence-corrected chi connectivity index (χ2v) is 6.91. The van der Waals surface area contributed by atoms with Crippen molar-refractivity contribution in [3.8, 4) is 0 Å². The van der Waals surface area contributed by atoms with E-state index in [0.29, 0.717) is 16.3 Å². The number of hydrogen-bond donors (Lipinski definition) is 1. The first-order chi connectivity index (χ1) is 11.3. The molecule has 0 fully saturated rings. The van der Waals surface area contributed by atoms with Crippen molar-refractivity contribution < 1.29 is 9.59 Å². The molecule has 24 heavy (non-hydrogen) atoms. The van der Waals surface area contributed by atoms with Crippen molar-refractivity contribution in [1.82, 2.24) is 0 Å². The molecule has 0 saturated heterocycles. The molecule has 0 unspecified atom stereocenters. The van der Waals surface area contributed by atoms with Gasteiger partial charge in [-0.3, -0.25) is 9.59 Å². The fraction of sp³-hybridized carbons (Fsp3) is 0.200. The molecule has 0 aliphatic heterocycles. The van der Waals surface area contributed by atoms with E-state index in [0.717, 1.165) is 5.56 Å². The molecule has 4 heteroatoms. The van der Waals surface area contributed by atoms with Crippen LogP contribution in [-0.2, 0) is 4.79 Å². The molecule has 0 spiro atoms. The van der Waals surface area contributed by atoms with Gasteiger partial charge in [0.25, 0.3) is 0 Å². The van der Waals surface area contributed by atoms with Gasteiger partial charge in [-0.05, 0) is 35.9 Å². The van der Waals surface area contributed by atoms with Gasteiger partial charge in [0.05, 0.1) is 0 Å². The Kier molecular flexibility index (Phi) is 5.58. The minimum absolute atomic E-state index is 0.0984. The highest BCUT2D eigenvalue weighted by Crippen LogP contribution is 2.19. The van der Waals surface area contributed by atoms with Crippen LogP contribution in [0.2, 0.25) is 5.02 Å². The molecule has 0 saturated carbocycles. The summed E-state index contributed by atoms with van der Waals surface area (Å²) in [5.74, 6) is -0.250. The molecular weight excluding hydrogens is 322 g/mol. The molecular formula is C20H20ClNO2. The van der Waals surface area contributed by atoms with Gasteiger partial charge in [0, 0.05) is 21.7 Å². The van der Waals surface area contributed by atoms with Gasteiger partial charge in [0.15, 0.2) is 5.78 Å². The number of hydrogen-bond acceptors (Lipinski definition) is 2. The Morgan fingerprint density at radius 2 is 1.75 bits per heavy atom. The predicted octanol–water partition coefficient (Wildman–Crippen LogP) is 5.22.